The molecular formula is C26H32N4O4S. The molecule has 0 unspecified atom stereocenters. The van der Waals surface area contributed by atoms with Crippen LogP contribution in [0.4, 0.5) is 0 Å². The van der Waals surface area contributed by atoms with Gasteiger partial charge in [-0.1, -0.05) is 24.3 Å². The molecule has 1 aromatic heterocycles. The van der Waals surface area contributed by atoms with Crippen LogP contribution in [0.3, 0.4) is 0 Å². The summed E-state index contributed by atoms with van der Waals surface area (Å²) in [5.41, 5.74) is 4.10. The van der Waals surface area contributed by atoms with Crippen LogP contribution in [-0.4, -0.2) is 66.4 Å². The van der Waals surface area contributed by atoms with E-state index in [-0.39, 0.29) is 16.8 Å². The molecule has 0 spiro atoms. The number of rotatable bonds is 7. The van der Waals surface area contributed by atoms with Crippen molar-refractivity contribution in [2.24, 2.45) is 0 Å². The number of hydrogen-bond acceptors (Lipinski definition) is 5. The van der Waals surface area contributed by atoms with Crippen molar-refractivity contribution < 1.29 is 17.9 Å². The molecule has 3 aromatic rings. The fourth-order valence-electron chi connectivity index (χ4n) is 5.31. The topological polar surface area (TPSA) is 84.7 Å². The van der Waals surface area contributed by atoms with Gasteiger partial charge < -0.3 is 14.2 Å². The van der Waals surface area contributed by atoms with Crippen molar-refractivity contribution in [1.82, 2.24) is 18.8 Å². The summed E-state index contributed by atoms with van der Waals surface area (Å²) in [7, 11) is -1.70. The standard InChI is InChI=1S/C26H32N4O4S/c1-3-30-24-11-9-20(35(32,33)29-14-16-34-17-15-29)18-22(24)27-25(30)12-13-26(31)28(2)23-10-8-19-6-4-5-7-21(19)23/h4-7,9,11,18,23H,3,8,10,12-17H2,1-2H3/t23-/m0/s1. The third-order valence-corrected chi connectivity index (χ3v) is 9.14. The van der Waals surface area contributed by atoms with Crippen LogP contribution >= 0.6 is 0 Å². The second-order valence-electron chi connectivity index (χ2n) is 9.20. The van der Waals surface area contributed by atoms with Crippen molar-refractivity contribution in [2.45, 2.75) is 50.1 Å². The summed E-state index contributed by atoms with van der Waals surface area (Å²) in [4.78, 5) is 20.0. The van der Waals surface area contributed by atoms with E-state index in [9.17, 15) is 13.2 Å². The Morgan fingerprint density at radius 3 is 2.71 bits per heavy atom. The van der Waals surface area contributed by atoms with Gasteiger partial charge in [-0.25, -0.2) is 13.4 Å². The molecule has 2 aromatic carbocycles. The number of benzene rings is 2. The van der Waals surface area contributed by atoms with E-state index in [2.05, 4.69) is 22.8 Å². The molecule has 0 saturated carbocycles. The number of hydrogen-bond donors (Lipinski definition) is 0. The number of morpholine rings is 1. The number of amides is 1. The smallest absolute Gasteiger partial charge is 0.243 e. The molecule has 2 aliphatic rings. The van der Waals surface area contributed by atoms with Crippen LogP contribution in [0.15, 0.2) is 47.4 Å². The highest BCUT2D eigenvalue weighted by Crippen LogP contribution is 2.35. The lowest BCUT2D eigenvalue weighted by Crippen LogP contribution is -2.40. The Balaban J connectivity index is 1.33. The summed E-state index contributed by atoms with van der Waals surface area (Å²) in [5.74, 6) is 0.897. The molecule has 1 fully saturated rings. The van der Waals surface area contributed by atoms with E-state index >= 15 is 0 Å². The summed E-state index contributed by atoms with van der Waals surface area (Å²) in [6, 6.07) is 13.6. The van der Waals surface area contributed by atoms with Crippen LogP contribution < -0.4 is 0 Å². The van der Waals surface area contributed by atoms with Gasteiger partial charge in [0.2, 0.25) is 15.9 Å². The Morgan fingerprint density at radius 2 is 1.94 bits per heavy atom. The Bertz CT molecular complexity index is 1340. The summed E-state index contributed by atoms with van der Waals surface area (Å²) >= 11 is 0. The van der Waals surface area contributed by atoms with E-state index in [1.165, 1.54) is 15.4 Å². The largest absolute Gasteiger partial charge is 0.379 e. The molecule has 1 aliphatic carbocycles. The molecule has 35 heavy (non-hydrogen) atoms. The predicted octanol–water partition coefficient (Wildman–Crippen LogP) is 3.16. The van der Waals surface area contributed by atoms with Gasteiger partial charge in [0.05, 0.1) is 35.2 Å². The van der Waals surface area contributed by atoms with E-state index in [1.54, 1.807) is 12.1 Å². The van der Waals surface area contributed by atoms with E-state index in [1.807, 2.05) is 31.0 Å². The molecule has 2 heterocycles. The first-order valence-corrected chi connectivity index (χ1v) is 13.7. The molecule has 1 amide bonds. The van der Waals surface area contributed by atoms with Gasteiger partial charge in [0, 0.05) is 39.5 Å². The van der Waals surface area contributed by atoms with Gasteiger partial charge in [-0.05, 0) is 49.1 Å². The van der Waals surface area contributed by atoms with Crippen molar-refractivity contribution in [3.8, 4) is 0 Å². The third-order valence-electron chi connectivity index (χ3n) is 7.25. The average molecular weight is 497 g/mol. The van der Waals surface area contributed by atoms with Crippen molar-refractivity contribution in [1.29, 1.82) is 0 Å². The number of imidazole rings is 1. The summed E-state index contributed by atoms with van der Waals surface area (Å²) in [5, 5.41) is 0. The van der Waals surface area contributed by atoms with E-state index in [0.717, 1.165) is 24.2 Å². The lowest BCUT2D eigenvalue weighted by Gasteiger charge is -2.26. The third kappa shape index (κ3) is 4.48. The van der Waals surface area contributed by atoms with Crippen LogP contribution in [0.1, 0.15) is 42.8 Å². The second-order valence-corrected chi connectivity index (χ2v) is 11.1. The Labute approximate surface area is 206 Å². The second kappa shape index (κ2) is 9.72. The lowest BCUT2D eigenvalue weighted by atomic mass is 10.1. The summed E-state index contributed by atoms with van der Waals surface area (Å²) < 4.78 is 35.0. The first-order chi connectivity index (χ1) is 16.9. The number of aromatic nitrogens is 2. The normalized spacial score (nSPS) is 18.6. The molecule has 0 radical (unpaired) electrons. The predicted molar refractivity (Wildman–Crippen MR) is 134 cm³/mol. The van der Waals surface area contributed by atoms with Gasteiger partial charge in [0.1, 0.15) is 5.82 Å². The fraction of sp³-hybridized carbons (Fsp3) is 0.462. The zero-order valence-electron chi connectivity index (χ0n) is 20.3. The van der Waals surface area contributed by atoms with Gasteiger partial charge in [-0.2, -0.15) is 4.31 Å². The number of fused-ring (bicyclic) bond motifs is 2. The van der Waals surface area contributed by atoms with Gasteiger partial charge >= 0.3 is 0 Å². The fourth-order valence-corrected chi connectivity index (χ4v) is 6.73. The minimum absolute atomic E-state index is 0.0944. The molecule has 1 saturated heterocycles. The number of ether oxygens (including phenoxy) is 1. The molecule has 186 valence electrons. The summed E-state index contributed by atoms with van der Waals surface area (Å²) in [6.07, 6.45) is 2.82. The SMILES string of the molecule is CCn1c(CCC(=O)N(C)[C@H]2CCc3ccccc32)nc2cc(S(=O)(=O)N3CCOCC3)ccc21. The molecule has 0 bridgehead atoms. The number of sulfonamides is 1. The molecule has 0 N–H and O–H groups in total. The Hall–Kier alpha value is -2.75. The van der Waals surface area contributed by atoms with E-state index < -0.39 is 10.0 Å². The maximum Gasteiger partial charge on any atom is 0.243 e. The van der Waals surface area contributed by atoms with Gasteiger partial charge in [-0.15, -0.1) is 0 Å². The van der Waals surface area contributed by atoms with E-state index in [4.69, 9.17) is 9.72 Å². The van der Waals surface area contributed by atoms with Gasteiger partial charge in [-0.3, -0.25) is 4.79 Å². The molecule has 9 heteroatoms. The summed E-state index contributed by atoms with van der Waals surface area (Å²) in [6.45, 7) is 4.26. The average Bonchev–Trinajstić information content (AvgIpc) is 3.47. The molecule has 5 rings (SSSR count). The zero-order chi connectivity index (χ0) is 24.6. The number of aryl methyl sites for hydroxylation is 3. The van der Waals surface area contributed by atoms with Crippen molar-refractivity contribution in [3.05, 3.63) is 59.4 Å². The Morgan fingerprint density at radius 1 is 1.17 bits per heavy atom. The van der Waals surface area contributed by atoms with E-state index in [0.29, 0.717) is 51.2 Å². The lowest BCUT2D eigenvalue weighted by molar-refractivity contribution is -0.132. The number of nitrogens with zero attached hydrogens (tertiary/aromatic N) is 4. The molecule has 1 aliphatic heterocycles. The molecule has 8 nitrogen and oxygen atoms in total. The number of carbonyl (C=O) groups excluding carboxylic acids is 1. The molecule has 1 atom stereocenters. The van der Waals surface area contributed by atoms with Crippen LogP contribution in [0.5, 0.6) is 0 Å². The van der Waals surface area contributed by atoms with Crippen LogP contribution in [0, 0.1) is 0 Å². The first-order valence-electron chi connectivity index (χ1n) is 12.3. The van der Waals surface area contributed by atoms with Gasteiger partial charge in [0.25, 0.3) is 0 Å². The van der Waals surface area contributed by atoms with Crippen LogP contribution in [0.25, 0.3) is 11.0 Å². The first kappa shape index (κ1) is 24.0. The Kier molecular flexibility index (Phi) is 6.65. The van der Waals surface area contributed by atoms with Crippen LogP contribution in [0.2, 0.25) is 0 Å². The maximum absolute atomic E-state index is 13.1. The minimum atomic E-state index is -3.59. The highest BCUT2D eigenvalue weighted by atomic mass is 32.2. The highest BCUT2D eigenvalue weighted by Gasteiger charge is 2.29. The van der Waals surface area contributed by atoms with Crippen molar-refractivity contribution >= 4 is 27.0 Å². The zero-order valence-corrected chi connectivity index (χ0v) is 21.1. The van der Waals surface area contributed by atoms with Crippen molar-refractivity contribution in [3.63, 3.8) is 0 Å². The van der Waals surface area contributed by atoms with Crippen LogP contribution in [-0.2, 0) is 38.9 Å². The minimum Gasteiger partial charge on any atom is -0.379 e. The quantitative estimate of drug-likeness (QED) is 0.502. The van der Waals surface area contributed by atoms with Gasteiger partial charge in [0.15, 0.2) is 0 Å². The molecular weight excluding hydrogens is 464 g/mol. The monoisotopic (exact) mass is 496 g/mol. The highest BCUT2D eigenvalue weighted by molar-refractivity contribution is 7.89. The number of carbonyl (C=O) groups is 1. The maximum atomic E-state index is 13.1. The van der Waals surface area contributed by atoms with Crippen molar-refractivity contribution in [2.75, 3.05) is 33.4 Å².